The number of carbonyl (C=O) groups is 1. The molecular formula is C10H20N2O2. The Morgan fingerprint density at radius 2 is 2.14 bits per heavy atom. The minimum Gasteiger partial charge on any atom is -0.391 e. The summed E-state index contributed by atoms with van der Waals surface area (Å²) in [5, 5.41) is 15.4. The topological polar surface area (TPSA) is 61.4 Å². The lowest BCUT2D eigenvalue weighted by atomic mass is 9.92. The Hall–Kier alpha value is -0.610. The van der Waals surface area contributed by atoms with E-state index < -0.39 is 0 Å². The zero-order valence-corrected chi connectivity index (χ0v) is 8.75. The van der Waals surface area contributed by atoms with Gasteiger partial charge in [-0.3, -0.25) is 4.79 Å². The summed E-state index contributed by atoms with van der Waals surface area (Å²) in [6.07, 6.45) is 4.05. The van der Waals surface area contributed by atoms with Crippen molar-refractivity contribution in [1.82, 2.24) is 10.6 Å². The van der Waals surface area contributed by atoms with Gasteiger partial charge in [0.1, 0.15) is 0 Å². The fourth-order valence-electron chi connectivity index (χ4n) is 1.80. The molecule has 0 aliphatic heterocycles. The number of hydrogen-bond acceptors (Lipinski definition) is 3. The van der Waals surface area contributed by atoms with E-state index in [9.17, 15) is 9.90 Å². The van der Waals surface area contributed by atoms with Gasteiger partial charge in [0.15, 0.2) is 0 Å². The second-order valence-corrected chi connectivity index (χ2v) is 3.88. The van der Waals surface area contributed by atoms with Crippen LogP contribution in [0.4, 0.5) is 0 Å². The van der Waals surface area contributed by atoms with E-state index in [0.29, 0.717) is 13.0 Å². The van der Waals surface area contributed by atoms with Crippen molar-refractivity contribution in [2.75, 3.05) is 13.6 Å². The predicted molar refractivity (Wildman–Crippen MR) is 54.9 cm³/mol. The molecule has 0 aromatic rings. The molecule has 14 heavy (non-hydrogen) atoms. The van der Waals surface area contributed by atoms with Crippen molar-refractivity contribution < 1.29 is 9.90 Å². The molecule has 0 radical (unpaired) electrons. The largest absolute Gasteiger partial charge is 0.391 e. The molecule has 1 amide bonds. The van der Waals surface area contributed by atoms with Crippen molar-refractivity contribution in [1.29, 1.82) is 0 Å². The molecule has 0 heterocycles. The number of rotatable bonds is 4. The van der Waals surface area contributed by atoms with Crippen molar-refractivity contribution in [3.8, 4) is 0 Å². The number of carbonyl (C=O) groups excluding carboxylic acids is 1. The molecule has 0 aromatic heterocycles. The standard InChI is InChI=1S/C10H20N2O2/c1-11-7-6-10(14)12-8-4-2-3-5-9(8)13/h8-9,11,13H,2-7H2,1H3,(H,12,14)/t8-,9-/m0/s1. The first kappa shape index (κ1) is 11.5. The highest BCUT2D eigenvalue weighted by molar-refractivity contribution is 5.76. The number of aliphatic hydroxyl groups excluding tert-OH is 1. The van der Waals surface area contributed by atoms with Crippen LogP contribution in [-0.2, 0) is 4.79 Å². The zero-order chi connectivity index (χ0) is 10.4. The summed E-state index contributed by atoms with van der Waals surface area (Å²) < 4.78 is 0. The highest BCUT2D eigenvalue weighted by Crippen LogP contribution is 2.18. The molecule has 0 unspecified atom stereocenters. The molecule has 0 saturated heterocycles. The Morgan fingerprint density at radius 1 is 1.43 bits per heavy atom. The lowest BCUT2D eigenvalue weighted by Gasteiger charge is -2.28. The quantitative estimate of drug-likeness (QED) is 0.599. The fraction of sp³-hybridized carbons (Fsp3) is 0.900. The minimum absolute atomic E-state index is 0.0203. The highest BCUT2D eigenvalue weighted by atomic mass is 16.3. The smallest absolute Gasteiger partial charge is 0.221 e. The average Bonchev–Trinajstić information content (AvgIpc) is 2.18. The molecule has 0 aromatic carbocycles. The van der Waals surface area contributed by atoms with E-state index in [1.54, 1.807) is 0 Å². The van der Waals surface area contributed by atoms with Crippen molar-refractivity contribution in [3.05, 3.63) is 0 Å². The minimum atomic E-state index is -0.345. The third kappa shape index (κ3) is 3.64. The number of aliphatic hydroxyl groups is 1. The molecule has 1 rings (SSSR count). The molecule has 3 N–H and O–H groups in total. The molecular weight excluding hydrogens is 180 g/mol. The summed E-state index contributed by atoms with van der Waals surface area (Å²) in [6.45, 7) is 0.689. The molecule has 1 aliphatic carbocycles. The third-order valence-electron chi connectivity index (χ3n) is 2.68. The van der Waals surface area contributed by atoms with Crippen LogP contribution >= 0.6 is 0 Å². The van der Waals surface area contributed by atoms with Gasteiger partial charge in [-0.25, -0.2) is 0 Å². The second-order valence-electron chi connectivity index (χ2n) is 3.88. The van der Waals surface area contributed by atoms with Gasteiger partial charge in [0.2, 0.25) is 5.91 Å². The predicted octanol–water partition coefficient (Wildman–Crippen LogP) is 0.0156. The molecule has 1 fully saturated rings. The lowest BCUT2D eigenvalue weighted by molar-refractivity contribution is -0.122. The van der Waals surface area contributed by atoms with Gasteiger partial charge in [-0.2, -0.15) is 0 Å². The molecule has 4 nitrogen and oxygen atoms in total. The maximum Gasteiger partial charge on any atom is 0.221 e. The SMILES string of the molecule is CNCCC(=O)N[C@H]1CCCC[C@@H]1O. The van der Waals surface area contributed by atoms with Gasteiger partial charge in [-0.15, -0.1) is 0 Å². The zero-order valence-electron chi connectivity index (χ0n) is 8.75. The molecule has 1 saturated carbocycles. The summed E-state index contributed by atoms with van der Waals surface area (Å²) in [7, 11) is 1.82. The number of hydrogen-bond donors (Lipinski definition) is 3. The highest BCUT2D eigenvalue weighted by Gasteiger charge is 2.23. The van der Waals surface area contributed by atoms with Crippen molar-refractivity contribution >= 4 is 5.91 Å². The summed E-state index contributed by atoms with van der Waals surface area (Å²) in [5.74, 6) is 0.0327. The average molecular weight is 200 g/mol. The molecule has 2 atom stereocenters. The summed E-state index contributed by atoms with van der Waals surface area (Å²) in [4.78, 5) is 11.4. The molecule has 1 aliphatic rings. The van der Waals surface area contributed by atoms with E-state index >= 15 is 0 Å². The van der Waals surface area contributed by atoms with Crippen LogP contribution in [0.5, 0.6) is 0 Å². The molecule has 4 heteroatoms. The molecule has 82 valence electrons. The fourth-order valence-corrected chi connectivity index (χ4v) is 1.80. The van der Waals surface area contributed by atoms with Gasteiger partial charge < -0.3 is 15.7 Å². The van der Waals surface area contributed by atoms with Crippen LogP contribution in [0.2, 0.25) is 0 Å². The van der Waals surface area contributed by atoms with E-state index in [4.69, 9.17) is 0 Å². The Bertz CT molecular complexity index is 185. The summed E-state index contributed by atoms with van der Waals surface area (Å²) in [5.41, 5.74) is 0. The van der Waals surface area contributed by atoms with E-state index in [2.05, 4.69) is 10.6 Å². The van der Waals surface area contributed by atoms with Gasteiger partial charge in [0.25, 0.3) is 0 Å². The Labute approximate surface area is 85.1 Å². The van der Waals surface area contributed by atoms with Crippen LogP contribution in [0.3, 0.4) is 0 Å². The van der Waals surface area contributed by atoms with Crippen LogP contribution in [0.25, 0.3) is 0 Å². The number of amides is 1. The number of nitrogens with one attached hydrogen (secondary N) is 2. The second kappa shape index (κ2) is 5.98. The lowest BCUT2D eigenvalue weighted by Crippen LogP contribution is -2.45. The molecule has 0 bridgehead atoms. The van der Waals surface area contributed by atoms with E-state index in [-0.39, 0.29) is 18.1 Å². The maximum atomic E-state index is 11.4. The van der Waals surface area contributed by atoms with Gasteiger partial charge in [-0.1, -0.05) is 12.8 Å². The van der Waals surface area contributed by atoms with Gasteiger partial charge in [-0.05, 0) is 19.9 Å². The van der Waals surface area contributed by atoms with Crippen molar-refractivity contribution in [3.63, 3.8) is 0 Å². The van der Waals surface area contributed by atoms with Crippen LogP contribution in [0.15, 0.2) is 0 Å². The van der Waals surface area contributed by atoms with Gasteiger partial charge in [0.05, 0.1) is 12.1 Å². The first-order valence-electron chi connectivity index (χ1n) is 5.36. The Morgan fingerprint density at radius 3 is 2.79 bits per heavy atom. The van der Waals surface area contributed by atoms with E-state index in [1.807, 2.05) is 7.05 Å². The van der Waals surface area contributed by atoms with Crippen LogP contribution in [0.1, 0.15) is 32.1 Å². The van der Waals surface area contributed by atoms with Crippen LogP contribution in [-0.4, -0.2) is 36.8 Å². The van der Waals surface area contributed by atoms with E-state index in [1.165, 1.54) is 0 Å². The molecule has 0 spiro atoms. The Balaban J connectivity index is 2.23. The van der Waals surface area contributed by atoms with Crippen molar-refractivity contribution in [2.45, 2.75) is 44.2 Å². The summed E-state index contributed by atoms with van der Waals surface area (Å²) in [6, 6.07) is -0.0203. The van der Waals surface area contributed by atoms with Gasteiger partial charge in [0, 0.05) is 13.0 Å². The van der Waals surface area contributed by atoms with Crippen LogP contribution in [0, 0.1) is 0 Å². The Kier molecular flexibility index (Phi) is 4.90. The first-order valence-corrected chi connectivity index (χ1v) is 5.36. The van der Waals surface area contributed by atoms with Crippen LogP contribution < -0.4 is 10.6 Å². The van der Waals surface area contributed by atoms with E-state index in [0.717, 1.165) is 25.7 Å². The van der Waals surface area contributed by atoms with Gasteiger partial charge >= 0.3 is 0 Å². The normalized spacial score (nSPS) is 27.3. The third-order valence-corrected chi connectivity index (χ3v) is 2.68. The first-order chi connectivity index (χ1) is 6.74. The summed E-state index contributed by atoms with van der Waals surface area (Å²) >= 11 is 0. The monoisotopic (exact) mass is 200 g/mol. The van der Waals surface area contributed by atoms with Crippen molar-refractivity contribution in [2.24, 2.45) is 0 Å². The maximum absolute atomic E-state index is 11.4.